The number of hydrogen-bond donors (Lipinski definition) is 2. The molecule has 1 saturated heterocycles. The van der Waals surface area contributed by atoms with E-state index in [2.05, 4.69) is 22.5 Å². The maximum absolute atomic E-state index is 12.0. The highest BCUT2D eigenvalue weighted by Crippen LogP contribution is 2.13. The second-order valence-corrected chi connectivity index (χ2v) is 7.64. The highest BCUT2D eigenvalue weighted by atomic mass is 35.5. The molecule has 0 aromatic carbocycles. The van der Waals surface area contributed by atoms with Gasteiger partial charge in [-0.25, -0.2) is 4.98 Å². The molecule has 6 nitrogen and oxygen atoms in total. The number of carbonyl (C=O) groups excluding carboxylic acids is 1. The summed E-state index contributed by atoms with van der Waals surface area (Å²) < 4.78 is 1.53. The molecule has 1 fully saturated rings. The Morgan fingerprint density at radius 3 is 3.21 bits per heavy atom. The third kappa shape index (κ3) is 4.95. The van der Waals surface area contributed by atoms with Crippen molar-refractivity contribution in [1.82, 2.24) is 20.0 Å². The molecule has 2 aromatic rings. The molecule has 2 atom stereocenters. The largest absolute Gasteiger partial charge is 0.353 e. The number of rotatable bonds is 5. The zero-order valence-electron chi connectivity index (χ0n) is 13.4. The SMILES string of the molecule is CC1CC(NC(=O)CSCc2cc(=O)n3ccsc3n2)CCN1.Cl. The first kappa shape index (κ1) is 19.2. The molecule has 2 N–H and O–H groups in total. The highest BCUT2D eigenvalue weighted by Gasteiger charge is 2.19. The highest BCUT2D eigenvalue weighted by molar-refractivity contribution is 7.99. The summed E-state index contributed by atoms with van der Waals surface area (Å²) in [5.41, 5.74) is 0.658. The van der Waals surface area contributed by atoms with Crippen LogP contribution in [0.3, 0.4) is 0 Å². The average Bonchev–Trinajstić information content (AvgIpc) is 2.96. The zero-order chi connectivity index (χ0) is 16.2. The number of thioether (sulfide) groups is 1. The van der Waals surface area contributed by atoms with Crippen LogP contribution >= 0.6 is 35.5 Å². The molecule has 0 radical (unpaired) electrons. The number of nitrogens with zero attached hydrogens (tertiary/aromatic N) is 2. The fourth-order valence-corrected chi connectivity index (χ4v) is 4.21. The van der Waals surface area contributed by atoms with Crippen molar-refractivity contribution in [2.45, 2.75) is 37.6 Å². The van der Waals surface area contributed by atoms with Crippen LogP contribution in [0.15, 0.2) is 22.4 Å². The monoisotopic (exact) mass is 388 g/mol. The van der Waals surface area contributed by atoms with Gasteiger partial charge in [0, 0.05) is 35.5 Å². The predicted molar refractivity (Wildman–Crippen MR) is 101 cm³/mol. The predicted octanol–water partition coefficient (Wildman–Crippen LogP) is 1.67. The minimum Gasteiger partial charge on any atom is -0.353 e. The van der Waals surface area contributed by atoms with Gasteiger partial charge in [-0.2, -0.15) is 0 Å². The van der Waals surface area contributed by atoms with Crippen molar-refractivity contribution in [1.29, 1.82) is 0 Å². The van der Waals surface area contributed by atoms with Crippen LogP contribution in [-0.2, 0) is 10.5 Å². The third-order valence-corrected chi connectivity index (χ3v) is 5.55. The summed E-state index contributed by atoms with van der Waals surface area (Å²) >= 11 is 2.93. The third-order valence-electron chi connectivity index (χ3n) is 3.83. The molecule has 24 heavy (non-hydrogen) atoms. The number of fused-ring (bicyclic) bond motifs is 1. The van der Waals surface area contributed by atoms with E-state index in [9.17, 15) is 9.59 Å². The van der Waals surface area contributed by atoms with Gasteiger partial charge in [-0.3, -0.25) is 14.0 Å². The molecule has 132 valence electrons. The molecule has 1 aliphatic heterocycles. The number of thiazole rings is 1. The minimum absolute atomic E-state index is 0. The maximum Gasteiger partial charge on any atom is 0.258 e. The number of hydrogen-bond acceptors (Lipinski definition) is 6. The van der Waals surface area contributed by atoms with Crippen molar-refractivity contribution in [3.63, 3.8) is 0 Å². The second kappa shape index (κ2) is 8.84. The van der Waals surface area contributed by atoms with Crippen LogP contribution < -0.4 is 16.2 Å². The first-order chi connectivity index (χ1) is 11.1. The summed E-state index contributed by atoms with van der Waals surface area (Å²) in [6.07, 6.45) is 3.68. The van der Waals surface area contributed by atoms with Crippen LogP contribution in [0.5, 0.6) is 0 Å². The van der Waals surface area contributed by atoms with E-state index in [1.54, 1.807) is 12.3 Å². The molecule has 3 rings (SSSR count). The van der Waals surface area contributed by atoms with E-state index in [-0.39, 0.29) is 29.9 Å². The fraction of sp³-hybridized carbons (Fsp3) is 0.533. The van der Waals surface area contributed by atoms with Gasteiger partial charge in [-0.15, -0.1) is 35.5 Å². The molecule has 1 aliphatic rings. The van der Waals surface area contributed by atoms with E-state index in [1.165, 1.54) is 27.5 Å². The molecule has 2 aromatic heterocycles. The molecule has 0 bridgehead atoms. The van der Waals surface area contributed by atoms with Crippen LogP contribution in [0, 0.1) is 0 Å². The van der Waals surface area contributed by atoms with E-state index in [1.807, 2.05) is 5.38 Å². The van der Waals surface area contributed by atoms with Crippen LogP contribution in [0.25, 0.3) is 4.96 Å². The summed E-state index contributed by atoms with van der Waals surface area (Å²) in [6.45, 7) is 3.09. The van der Waals surface area contributed by atoms with E-state index in [4.69, 9.17) is 0 Å². The summed E-state index contributed by atoms with van der Waals surface area (Å²) in [4.78, 5) is 29.0. The fourth-order valence-electron chi connectivity index (χ4n) is 2.74. The zero-order valence-corrected chi connectivity index (χ0v) is 15.8. The first-order valence-corrected chi connectivity index (χ1v) is 9.71. The Morgan fingerprint density at radius 1 is 1.58 bits per heavy atom. The normalized spacial score (nSPS) is 20.5. The smallest absolute Gasteiger partial charge is 0.258 e. The standard InChI is InChI=1S/C15H20N4O2S2.ClH/c1-10-6-11(2-3-16-10)17-13(20)9-22-8-12-7-14(21)19-4-5-23-15(19)18-12;/h4-5,7,10-11,16H,2-3,6,8-9H2,1H3,(H,17,20);1H. The molecular weight excluding hydrogens is 368 g/mol. The quantitative estimate of drug-likeness (QED) is 0.814. The van der Waals surface area contributed by atoms with Gasteiger partial charge in [0.2, 0.25) is 5.91 Å². The lowest BCUT2D eigenvalue weighted by Gasteiger charge is -2.28. The van der Waals surface area contributed by atoms with E-state index < -0.39 is 0 Å². The number of aromatic nitrogens is 2. The lowest BCUT2D eigenvalue weighted by molar-refractivity contribution is -0.119. The summed E-state index contributed by atoms with van der Waals surface area (Å²) in [5.74, 6) is 1.02. The van der Waals surface area contributed by atoms with Crippen molar-refractivity contribution >= 4 is 46.4 Å². The van der Waals surface area contributed by atoms with E-state index >= 15 is 0 Å². The first-order valence-electron chi connectivity index (χ1n) is 7.68. The number of amides is 1. The van der Waals surface area contributed by atoms with Crippen LogP contribution in [0.1, 0.15) is 25.5 Å². The molecule has 9 heteroatoms. The van der Waals surface area contributed by atoms with E-state index in [0.717, 1.165) is 25.1 Å². The topological polar surface area (TPSA) is 75.5 Å². The number of carbonyl (C=O) groups is 1. The van der Waals surface area contributed by atoms with Gasteiger partial charge in [-0.1, -0.05) is 0 Å². The molecule has 0 saturated carbocycles. The van der Waals surface area contributed by atoms with Gasteiger partial charge in [0.25, 0.3) is 5.56 Å². The minimum atomic E-state index is -0.0694. The average molecular weight is 389 g/mol. The van der Waals surface area contributed by atoms with E-state index in [0.29, 0.717) is 22.5 Å². The van der Waals surface area contributed by atoms with Crippen molar-refractivity contribution in [2.24, 2.45) is 0 Å². The second-order valence-electron chi connectivity index (χ2n) is 5.78. The number of piperidine rings is 1. The van der Waals surface area contributed by atoms with Crippen LogP contribution in [0.2, 0.25) is 0 Å². The molecule has 0 spiro atoms. The Balaban J connectivity index is 0.00000208. The Bertz CT molecular complexity index is 748. The summed E-state index contributed by atoms with van der Waals surface area (Å²) in [6, 6.07) is 2.26. The maximum atomic E-state index is 12.0. The lowest BCUT2D eigenvalue weighted by atomic mass is 10.0. The van der Waals surface area contributed by atoms with Crippen molar-refractivity contribution < 1.29 is 4.79 Å². The van der Waals surface area contributed by atoms with Gasteiger partial charge >= 0.3 is 0 Å². The van der Waals surface area contributed by atoms with Crippen LogP contribution in [0.4, 0.5) is 0 Å². The van der Waals surface area contributed by atoms with Crippen molar-refractivity contribution in [2.75, 3.05) is 12.3 Å². The molecule has 2 unspecified atom stereocenters. The van der Waals surface area contributed by atoms with Gasteiger partial charge in [0.15, 0.2) is 4.96 Å². The Morgan fingerprint density at radius 2 is 2.42 bits per heavy atom. The Kier molecular flexibility index (Phi) is 7.09. The van der Waals surface area contributed by atoms with Crippen LogP contribution in [-0.4, -0.2) is 39.7 Å². The lowest BCUT2D eigenvalue weighted by Crippen LogP contribution is -2.47. The van der Waals surface area contributed by atoms with Gasteiger partial charge < -0.3 is 10.6 Å². The molecule has 0 aliphatic carbocycles. The summed E-state index contributed by atoms with van der Waals surface area (Å²) in [7, 11) is 0. The van der Waals surface area contributed by atoms with Gasteiger partial charge in [-0.05, 0) is 26.3 Å². The molecule has 1 amide bonds. The number of halogens is 1. The Hall–Kier alpha value is -1.09. The molecular formula is C15H21ClN4O2S2. The van der Waals surface area contributed by atoms with Gasteiger partial charge in [0.1, 0.15) is 0 Å². The van der Waals surface area contributed by atoms with Crippen molar-refractivity contribution in [3.8, 4) is 0 Å². The number of nitrogens with one attached hydrogen (secondary N) is 2. The van der Waals surface area contributed by atoms with Gasteiger partial charge in [0.05, 0.1) is 11.4 Å². The summed E-state index contributed by atoms with van der Waals surface area (Å²) in [5, 5.41) is 8.30. The Labute approximate surface area is 154 Å². The molecule has 3 heterocycles. The van der Waals surface area contributed by atoms with Crippen molar-refractivity contribution in [3.05, 3.63) is 33.7 Å².